The molecule has 0 aliphatic rings. The molecule has 0 spiro atoms. The van der Waals surface area contributed by atoms with E-state index in [9.17, 15) is 4.79 Å². The second-order valence-corrected chi connectivity index (χ2v) is 5.63. The molecule has 0 saturated heterocycles. The number of carbonyl (C=O) groups excluding carboxylic acids is 1. The number of amides is 1. The molecule has 0 fully saturated rings. The van der Waals surface area contributed by atoms with Gasteiger partial charge in [0.1, 0.15) is 0 Å². The van der Waals surface area contributed by atoms with Gasteiger partial charge in [-0.15, -0.1) is 0 Å². The molecule has 2 rings (SSSR count). The van der Waals surface area contributed by atoms with Gasteiger partial charge in [-0.3, -0.25) is 4.79 Å². The normalized spacial score (nSPS) is 10.3. The molecule has 98 valence electrons. The number of carbonyl (C=O) groups is 1. The lowest BCUT2D eigenvalue weighted by molar-refractivity contribution is 0.102. The van der Waals surface area contributed by atoms with Gasteiger partial charge in [0.05, 0.1) is 5.56 Å². The predicted octanol–water partition coefficient (Wildman–Crippen LogP) is 3.74. The molecule has 0 aliphatic heterocycles. The Labute approximate surface area is 126 Å². The standard InChI is InChI=1S/C15H15IN2O/c1-9-7-11(17)8-10(2)14(9)18-15(19)12-5-3-4-6-13(12)16/h3-8H,17H2,1-2H3,(H,18,19). The largest absolute Gasteiger partial charge is 0.399 e. The number of anilines is 2. The Morgan fingerprint density at radius 1 is 1.16 bits per heavy atom. The lowest BCUT2D eigenvalue weighted by Crippen LogP contribution is -2.15. The second kappa shape index (κ2) is 5.61. The summed E-state index contributed by atoms with van der Waals surface area (Å²) in [6, 6.07) is 11.2. The van der Waals surface area contributed by atoms with Gasteiger partial charge in [-0.25, -0.2) is 0 Å². The van der Waals surface area contributed by atoms with Gasteiger partial charge < -0.3 is 11.1 Å². The molecule has 19 heavy (non-hydrogen) atoms. The number of nitrogens with one attached hydrogen (secondary N) is 1. The molecule has 0 bridgehead atoms. The minimum atomic E-state index is -0.0963. The van der Waals surface area contributed by atoms with E-state index >= 15 is 0 Å². The highest BCUT2D eigenvalue weighted by atomic mass is 127. The van der Waals surface area contributed by atoms with Crippen LogP contribution in [0.1, 0.15) is 21.5 Å². The van der Waals surface area contributed by atoms with Crippen molar-refractivity contribution in [3.8, 4) is 0 Å². The van der Waals surface area contributed by atoms with Crippen molar-refractivity contribution in [1.29, 1.82) is 0 Å². The van der Waals surface area contributed by atoms with Crippen LogP contribution in [0.3, 0.4) is 0 Å². The van der Waals surface area contributed by atoms with E-state index in [2.05, 4.69) is 27.9 Å². The zero-order valence-corrected chi connectivity index (χ0v) is 13.0. The highest BCUT2D eigenvalue weighted by Gasteiger charge is 2.12. The number of benzene rings is 2. The zero-order chi connectivity index (χ0) is 14.0. The fourth-order valence-electron chi connectivity index (χ4n) is 2.02. The molecule has 0 heterocycles. The molecule has 1 amide bonds. The number of hydrogen-bond acceptors (Lipinski definition) is 2. The second-order valence-electron chi connectivity index (χ2n) is 4.46. The summed E-state index contributed by atoms with van der Waals surface area (Å²) in [5, 5.41) is 2.96. The van der Waals surface area contributed by atoms with E-state index in [1.807, 2.05) is 50.2 Å². The number of hydrogen-bond donors (Lipinski definition) is 2. The number of nitrogens with two attached hydrogens (primary N) is 1. The van der Waals surface area contributed by atoms with Crippen LogP contribution in [0, 0.1) is 17.4 Å². The highest BCUT2D eigenvalue weighted by molar-refractivity contribution is 14.1. The van der Waals surface area contributed by atoms with Crippen LogP contribution in [0.2, 0.25) is 0 Å². The first-order chi connectivity index (χ1) is 8.99. The summed E-state index contributed by atoms with van der Waals surface area (Å²) in [7, 11) is 0. The van der Waals surface area contributed by atoms with Crippen LogP contribution in [0.15, 0.2) is 36.4 Å². The Balaban J connectivity index is 2.32. The van der Waals surface area contributed by atoms with Crippen molar-refractivity contribution in [1.82, 2.24) is 0 Å². The molecule has 2 aromatic rings. The lowest BCUT2D eigenvalue weighted by atomic mass is 10.1. The summed E-state index contributed by atoms with van der Waals surface area (Å²) < 4.78 is 0.934. The monoisotopic (exact) mass is 366 g/mol. The van der Waals surface area contributed by atoms with Gasteiger partial charge in [0.25, 0.3) is 5.91 Å². The van der Waals surface area contributed by atoms with Crippen molar-refractivity contribution in [2.24, 2.45) is 0 Å². The smallest absolute Gasteiger partial charge is 0.256 e. The van der Waals surface area contributed by atoms with Gasteiger partial charge in [-0.05, 0) is 71.8 Å². The van der Waals surface area contributed by atoms with Crippen molar-refractivity contribution in [3.05, 3.63) is 56.7 Å². The number of halogens is 1. The summed E-state index contributed by atoms with van der Waals surface area (Å²) in [6.07, 6.45) is 0. The first-order valence-corrected chi connectivity index (χ1v) is 6.99. The quantitative estimate of drug-likeness (QED) is 0.629. The summed E-state index contributed by atoms with van der Waals surface area (Å²) >= 11 is 2.16. The van der Waals surface area contributed by atoms with Gasteiger partial charge in [-0.1, -0.05) is 12.1 Å². The molecule has 0 radical (unpaired) electrons. The van der Waals surface area contributed by atoms with E-state index in [1.54, 1.807) is 0 Å². The molecule has 0 unspecified atom stereocenters. The molecular weight excluding hydrogens is 351 g/mol. The Morgan fingerprint density at radius 3 is 2.32 bits per heavy atom. The molecule has 0 aliphatic carbocycles. The van der Waals surface area contributed by atoms with Gasteiger partial charge >= 0.3 is 0 Å². The van der Waals surface area contributed by atoms with Crippen molar-refractivity contribution in [2.45, 2.75) is 13.8 Å². The van der Waals surface area contributed by atoms with Crippen molar-refractivity contribution >= 4 is 39.9 Å². The van der Waals surface area contributed by atoms with Gasteiger partial charge in [-0.2, -0.15) is 0 Å². The highest BCUT2D eigenvalue weighted by Crippen LogP contribution is 2.24. The summed E-state index contributed by atoms with van der Waals surface area (Å²) in [6.45, 7) is 3.88. The van der Waals surface area contributed by atoms with Crippen LogP contribution in [0.25, 0.3) is 0 Å². The minimum absolute atomic E-state index is 0.0963. The third kappa shape index (κ3) is 3.07. The van der Waals surface area contributed by atoms with Crippen LogP contribution in [0.4, 0.5) is 11.4 Å². The average Bonchev–Trinajstić information content (AvgIpc) is 2.34. The van der Waals surface area contributed by atoms with E-state index < -0.39 is 0 Å². The predicted molar refractivity (Wildman–Crippen MR) is 87.4 cm³/mol. The van der Waals surface area contributed by atoms with E-state index in [0.29, 0.717) is 11.3 Å². The minimum Gasteiger partial charge on any atom is -0.399 e. The average molecular weight is 366 g/mol. The molecule has 3 N–H and O–H groups in total. The van der Waals surface area contributed by atoms with Crippen LogP contribution in [-0.2, 0) is 0 Å². The molecular formula is C15H15IN2O. The lowest BCUT2D eigenvalue weighted by Gasteiger charge is -2.13. The fourth-order valence-corrected chi connectivity index (χ4v) is 2.65. The van der Waals surface area contributed by atoms with Crippen LogP contribution >= 0.6 is 22.6 Å². The molecule has 0 atom stereocenters. The molecule has 0 saturated carbocycles. The van der Waals surface area contributed by atoms with Crippen LogP contribution < -0.4 is 11.1 Å². The third-order valence-electron chi connectivity index (χ3n) is 2.91. The van der Waals surface area contributed by atoms with Gasteiger partial charge in [0.15, 0.2) is 0 Å². The van der Waals surface area contributed by atoms with E-state index in [-0.39, 0.29) is 5.91 Å². The van der Waals surface area contributed by atoms with Crippen molar-refractivity contribution < 1.29 is 4.79 Å². The first kappa shape index (κ1) is 13.9. The molecule has 3 nitrogen and oxygen atoms in total. The van der Waals surface area contributed by atoms with Crippen LogP contribution in [-0.4, -0.2) is 5.91 Å². The molecule has 0 aromatic heterocycles. The molecule has 4 heteroatoms. The maximum absolute atomic E-state index is 12.3. The maximum atomic E-state index is 12.3. The summed E-state index contributed by atoms with van der Waals surface area (Å²) in [5.74, 6) is -0.0963. The number of rotatable bonds is 2. The Hall–Kier alpha value is -1.56. The van der Waals surface area contributed by atoms with E-state index in [0.717, 1.165) is 20.4 Å². The van der Waals surface area contributed by atoms with E-state index in [1.165, 1.54) is 0 Å². The SMILES string of the molecule is Cc1cc(N)cc(C)c1NC(=O)c1ccccc1I. The fraction of sp³-hybridized carbons (Fsp3) is 0.133. The van der Waals surface area contributed by atoms with Gasteiger partial charge in [0, 0.05) is 14.9 Å². The topological polar surface area (TPSA) is 55.1 Å². The van der Waals surface area contributed by atoms with Crippen molar-refractivity contribution in [3.63, 3.8) is 0 Å². The Kier molecular flexibility index (Phi) is 4.09. The van der Waals surface area contributed by atoms with Crippen molar-refractivity contribution in [2.75, 3.05) is 11.1 Å². The summed E-state index contributed by atoms with van der Waals surface area (Å²) in [4.78, 5) is 12.3. The third-order valence-corrected chi connectivity index (χ3v) is 3.85. The first-order valence-electron chi connectivity index (χ1n) is 5.91. The van der Waals surface area contributed by atoms with E-state index in [4.69, 9.17) is 5.73 Å². The zero-order valence-electron chi connectivity index (χ0n) is 10.8. The maximum Gasteiger partial charge on any atom is 0.256 e. The van der Waals surface area contributed by atoms with Crippen LogP contribution in [0.5, 0.6) is 0 Å². The Morgan fingerprint density at radius 2 is 1.74 bits per heavy atom. The molecule has 2 aromatic carbocycles. The Bertz CT molecular complexity index is 615. The number of nitrogen functional groups attached to an aromatic ring is 1. The summed E-state index contributed by atoms with van der Waals surface area (Å²) in [5.41, 5.74) is 9.94. The van der Waals surface area contributed by atoms with Gasteiger partial charge in [0.2, 0.25) is 0 Å². The number of aryl methyl sites for hydroxylation is 2.